The lowest BCUT2D eigenvalue weighted by molar-refractivity contribution is 0.104. The van der Waals surface area contributed by atoms with Crippen LogP contribution in [0.15, 0.2) is 66.9 Å². The molecular formula is C20H11NO. The highest BCUT2D eigenvalue weighted by molar-refractivity contribution is 6.26. The highest BCUT2D eigenvalue weighted by Crippen LogP contribution is 2.40. The number of benzene rings is 3. The Morgan fingerprint density at radius 1 is 0.682 bits per heavy atom. The SMILES string of the molecule is O=C1c2cc3cccnc3cc2-c2cccc3cccc1c23. The maximum atomic E-state index is 12.9. The molecule has 0 N–H and O–H groups in total. The molecule has 2 nitrogen and oxygen atoms in total. The summed E-state index contributed by atoms with van der Waals surface area (Å²) in [5, 5.41) is 3.16. The molecule has 0 radical (unpaired) electrons. The van der Waals surface area contributed by atoms with Crippen molar-refractivity contribution in [1.29, 1.82) is 0 Å². The molecule has 0 saturated carbocycles. The average molecular weight is 281 g/mol. The summed E-state index contributed by atoms with van der Waals surface area (Å²) in [5.41, 5.74) is 4.59. The fraction of sp³-hybridized carbons (Fsp3) is 0. The van der Waals surface area contributed by atoms with Gasteiger partial charge in [-0.1, -0.05) is 42.5 Å². The Balaban J connectivity index is 2.01. The third-order valence-corrected chi connectivity index (χ3v) is 4.43. The van der Waals surface area contributed by atoms with E-state index in [4.69, 9.17) is 0 Å². The van der Waals surface area contributed by atoms with Crippen molar-refractivity contribution in [3.8, 4) is 11.1 Å². The van der Waals surface area contributed by atoms with Gasteiger partial charge in [-0.05, 0) is 34.7 Å². The highest BCUT2D eigenvalue weighted by atomic mass is 16.1. The second-order valence-electron chi connectivity index (χ2n) is 5.63. The van der Waals surface area contributed by atoms with Gasteiger partial charge < -0.3 is 0 Å². The molecule has 0 amide bonds. The minimum Gasteiger partial charge on any atom is -0.289 e. The Hall–Kier alpha value is -3.00. The van der Waals surface area contributed by atoms with Crippen molar-refractivity contribution in [2.45, 2.75) is 0 Å². The Morgan fingerprint density at radius 2 is 1.45 bits per heavy atom. The molecule has 1 aliphatic carbocycles. The van der Waals surface area contributed by atoms with Crippen molar-refractivity contribution in [2.24, 2.45) is 0 Å². The first-order valence-electron chi connectivity index (χ1n) is 7.28. The highest BCUT2D eigenvalue weighted by Gasteiger charge is 2.25. The number of hydrogen-bond acceptors (Lipinski definition) is 2. The molecule has 0 fully saturated rings. The second kappa shape index (κ2) is 4.01. The van der Waals surface area contributed by atoms with Gasteiger partial charge in [0.2, 0.25) is 0 Å². The summed E-state index contributed by atoms with van der Waals surface area (Å²) < 4.78 is 0. The predicted molar refractivity (Wildman–Crippen MR) is 88.1 cm³/mol. The van der Waals surface area contributed by atoms with Crippen LogP contribution in [0.1, 0.15) is 15.9 Å². The number of hydrogen-bond donors (Lipinski definition) is 0. The number of aromatic nitrogens is 1. The van der Waals surface area contributed by atoms with Crippen molar-refractivity contribution in [1.82, 2.24) is 4.98 Å². The van der Waals surface area contributed by atoms with Gasteiger partial charge in [0.05, 0.1) is 5.52 Å². The van der Waals surface area contributed by atoms with E-state index >= 15 is 0 Å². The first-order chi connectivity index (χ1) is 10.8. The zero-order chi connectivity index (χ0) is 14.7. The quantitative estimate of drug-likeness (QED) is 0.415. The molecule has 22 heavy (non-hydrogen) atoms. The molecule has 2 heteroatoms. The van der Waals surface area contributed by atoms with Crippen LogP contribution in [0, 0.1) is 0 Å². The summed E-state index contributed by atoms with van der Waals surface area (Å²) in [5.74, 6) is 0.102. The second-order valence-corrected chi connectivity index (χ2v) is 5.63. The van der Waals surface area contributed by atoms with Crippen LogP contribution in [0.25, 0.3) is 32.8 Å². The van der Waals surface area contributed by atoms with Crippen LogP contribution in [-0.4, -0.2) is 10.8 Å². The van der Waals surface area contributed by atoms with E-state index in [0.29, 0.717) is 0 Å². The maximum Gasteiger partial charge on any atom is 0.194 e. The summed E-state index contributed by atoms with van der Waals surface area (Å²) >= 11 is 0. The van der Waals surface area contributed by atoms with Gasteiger partial charge in [-0.2, -0.15) is 0 Å². The van der Waals surface area contributed by atoms with Crippen molar-refractivity contribution in [2.75, 3.05) is 0 Å². The lowest BCUT2D eigenvalue weighted by Crippen LogP contribution is -2.10. The number of nitrogens with zero attached hydrogens (tertiary/aromatic N) is 1. The van der Waals surface area contributed by atoms with E-state index in [1.807, 2.05) is 42.5 Å². The van der Waals surface area contributed by atoms with E-state index in [-0.39, 0.29) is 5.78 Å². The largest absolute Gasteiger partial charge is 0.289 e. The first kappa shape index (κ1) is 11.6. The van der Waals surface area contributed by atoms with Crippen LogP contribution in [0.3, 0.4) is 0 Å². The van der Waals surface area contributed by atoms with Gasteiger partial charge in [-0.25, -0.2) is 0 Å². The Labute approximate surface area is 127 Å². The molecule has 0 unspecified atom stereocenters. The fourth-order valence-electron chi connectivity index (χ4n) is 3.43. The summed E-state index contributed by atoms with van der Waals surface area (Å²) in [6, 6.07) is 20.0. The third-order valence-electron chi connectivity index (χ3n) is 4.43. The predicted octanol–water partition coefficient (Wildman–Crippen LogP) is 4.60. The first-order valence-corrected chi connectivity index (χ1v) is 7.28. The Bertz CT molecular complexity index is 1090. The topological polar surface area (TPSA) is 30.0 Å². The molecule has 1 aromatic heterocycles. The number of fused-ring (bicyclic) bond motifs is 3. The van der Waals surface area contributed by atoms with Gasteiger partial charge in [-0.15, -0.1) is 0 Å². The maximum absolute atomic E-state index is 12.9. The van der Waals surface area contributed by atoms with Gasteiger partial charge in [-0.3, -0.25) is 9.78 Å². The summed E-state index contributed by atoms with van der Waals surface area (Å²) in [6.45, 7) is 0. The lowest BCUT2D eigenvalue weighted by atomic mass is 9.82. The summed E-state index contributed by atoms with van der Waals surface area (Å²) in [7, 11) is 0. The smallest absolute Gasteiger partial charge is 0.194 e. The molecular weight excluding hydrogens is 270 g/mol. The van der Waals surface area contributed by atoms with Crippen LogP contribution in [0.4, 0.5) is 0 Å². The third kappa shape index (κ3) is 1.39. The van der Waals surface area contributed by atoms with Crippen LogP contribution >= 0.6 is 0 Å². The zero-order valence-electron chi connectivity index (χ0n) is 11.7. The van der Waals surface area contributed by atoms with Crippen LogP contribution in [0.2, 0.25) is 0 Å². The molecule has 4 aromatic rings. The molecule has 0 aliphatic heterocycles. The molecule has 102 valence electrons. The zero-order valence-corrected chi connectivity index (χ0v) is 11.7. The van der Waals surface area contributed by atoms with Crippen molar-refractivity contribution in [3.63, 3.8) is 0 Å². The van der Waals surface area contributed by atoms with Crippen LogP contribution in [0.5, 0.6) is 0 Å². The number of pyridine rings is 1. The molecule has 3 aromatic carbocycles. The normalized spacial score (nSPS) is 12.6. The summed E-state index contributed by atoms with van der Waals surface area (Å²) in [6.07, 6.45) is 1.79. The average Bonchev–Trinajstić information content (AvgIpc) is 2.58. The lowest BCUT2D eigenvalue weighted by Gasteiger charge is -2.20. The van der Waals surface area contributed by atoms with E-state index in [9.17, 15) is 4.79 Å². The van der Waals surface area contributed by atoms with Crippen LogP contribution in [-0.2, 0) is 0 Å². The van der Waals surface area contributed by atoms with Crippen molar-refractivity contribution >= 4 is 27.5 Å². The van der Waals surface area contributed by atoms with E-state index in [1.54, 1.807) is 6.20 Å². The molecule has 1 aliphatic rings. The van der Waals surface area contributed by atoms with Crippen LogP contribution < -0.4 is 0 Å². The minimum absolute atomic E-state index is 0.102. The molecule has 0 saturated heterocycles. The Kier molecular flexibility index (Phi) is 2.12. The van der Waals surface area contributed by atoms with Gasteiger partial charge in [0, 0.05) is 28.1 Å². The molecule has 0 bridgehead atoms. The van der Waals surface area contributed by atoms with Gasteiger partial charge >= 0.3 is 0 Å². The van der Waals surface area contributed by atoms with Gasteiger partial charge in [0.1, 0.15) is 0 Å². The number of carbonyl (C=O) groups excluding carboxylic acids is 1. The van der Waals surface area contributed by atoms with Gasteiger partial charge in [0.25, 0.3) is 0 Å². The summed E-state index contributed by atoms with van der Waals surface area (Å²) in [4.78, 5) is 17.3. The molecule has 0 spiro atoms. The van der Waals surface area contributed by atoms with E-state index in [0.717, 1.165) is 43.9 Å². The van der Waals surface area contributed by atoms with E-state index < -0.39 is 0 Å². The number of carbonyl (C=O) groups is 1. The van der Waals surface area contributed by atoms with E-state index in [1.165, 1.54) is 0 Å². The fourth-order valence-corrected chi connectivity index (χ4v) is 3.43. The standard InChI is InChI=1S/C20H11NO/c22-20-15-8-2-5-12-4-1-7-14(19(12)15)16-11-18-13(10-17(16)20)6-3-9-21-18/h1-11H. The van der Waals surface area contributed by atoms with Crippen molar-refractivity contribution in [3.05, 3.63) is 78.0 Å². The molecule has 5 rings (SSSR count). The number of rotatable bonds is 0. The van der Waals surface area contributed by atoms with E-state index in [2.05, 4.69) is 23.2 Å². The number of ketones is 1. The van der Waals surface area contributed by atoms with Crippen molar-refractivity contribution < 1.29 is 4.79 Å². The Morgan fingerprint density at radius 3 is 2.32 bits per heavy atom. The molecule has 1 heterocycles. The van der Waals surface area contributed by atoms with Gasteiger partial charge in [0.15, 0.2) is 5.78 Å². The minimum atomic E-state index is 0.102. The molecule has 0 atom stereocenters. The monoisotopic (exact) mass is 281 g/mol.